The lowest BCUT2D eigenvalue weighted by atomic mass is 9.86. The Kier molecular flexibility index (Phi) is 5.44. The van der Waals surface area contributed by atoms with Crippen LogP contribution in [-0.4, -0.2) is 31.6 Å². The molecule has 0 amide bonds. The first kappa shape index (κ1) is 15.3. The van der Waals surface area contributed by atoms with Crippen molar-refractivity contribution in [3.63, 3.8) is 0 Å². The van der Waals surface area contributed by atoms with Crippen molar-refractivity contribution in [3.05, 3.63) is 29.8 Å². The fourth-order valence-corrected chi connectivity index (χ4v) is 3.15. The number of nitrogens with two attached hydrogens (primary N) is 1. The van der Waals surface area contributed by atoms with E-state index in [1.54, 1.807) is 7.11 Å². The SMILES string of the molecule is COc1ccccc1C(N)CN1CCC(C(C)C)CC1. The molecule has 0 aromatic heterocycles. The molecule has 1 aromatic carbocycles. The summed E-state index contributed by atoms with van der Waals surface area (Å²) in [7, 11) is 1.71. The fraction of sp³-hybridized carbons (Fsp3) is 0.647. The Morgan fingerprint density at radius 2 is 1.90 bits per heavy atom. The number of benzene rings is 1. The minimum atomic E-state index is 0.0294. The predicted molar refractivity (Wildman–Crippen MR) is 83.9 cm³/mol. The third-order valence-corrected chi connectivity index (χ3v) is 4.57. The van der Waals surface area contributed by atoms with Crippen LogP contribution in [0, 0.1) is 11.8 Å². The monoisotopic (exact) mass is 276 g/mol. The molecule has 1 aliphatic rings. The maximum atomic E-state index is 6.38. The average molecular weight is 276 g/mol. The quantitative estimate of drug-likeness (QED) is 0.898. The number of para-hydroxylation sites is 1. The van der Waals surface area contributed by atoms with E-state index in [1.807, 2.05) is 18.2 Å². The molecule has 20 heavy (non-hydrogen) atoms. The molecule has 2 N–H and O–H groups in total. The molecule has 1 fully saturated rings. The van der Waals surface area contributed by atoms with E-state index in [2.05, 4.69) is 24.8 Å². The Balaban J connectivity index is 1.91. The van der Waals surface area contributed by atoms with Crippen LogP contribution in [0.3, 0.4) is 0 Å². The lowest BCUT2D eigenvalue weighted by Gasteiger charge is -2.35. The number of rotatable bonds is 5. The van der Waals surface area contributed by atoms with E-state index in [4.69, 9.17) is 10.5 Å². The average Bonchev–Trinajstić information content (AvgIpc) is 2.47. The van der Waals surface area contributed by atoms with Crippen LogP contribution in [0.5, 0.6) is 5.75 Å². The second kappa shape index (κ2) is 7.09. The predicted octanol–water partition coefficient (Wildman–Crippen LogP) is 3.06. The van der Waals surface area contributed by atoms with E-state index in [9.17, 15) is 0 Å². The van der Waals surface area contributed by atoms with Crippen LogP contribution in [0.25, 0.3) is 0 Å². The summed E-state index contributed by atoms with van der Waals surface area (Å²) in [5, 5.41) is 0. The first-order chi connectivity index (χ1) is 9.61. The lowest BCUT2D eigenvalue weighted by molar-refractivity contribution is 0.151. The summed E-state index contributed by atoms with van der Waals surface area (Å²) < 4.78 is 5.41. The van der Waals surface area contributed by atoms with Gasteiger partial charge in [0.05, 0.1) is 7.11 Å². The molecule has 1 heterocycles. The van der Waals surface area contributed by atoms with Crippen molar-refractivity contribution in [1.29, 1.82) is 0 Å². The number of likely N-dealkylation sites (tertiary alicyclic amines) is 1. The third kappa shape index (κ3) is 3.74. The summed E-state index contributed by atoms with van der Waals surface area (Å²) >= 11 is 0. The third-order valence-electron chi connectivity index (χ3n) is 4.57. The molecular weight excluding hydrogens is 248 g/mol. The van der Waals surface area contributed by atoms with Crippen LogP contribution in [-0.2, 0) is 0 Å². The van der Waals surface area contributed by atoms with Crippen molar-refractivity contribution in [2.45, 2.75) is 32.7 Å². The van der Waals surface area contributed by atoms with E-state index < -0.39 is 0 Å². The van der Waals surface area contributed by atoms with Gasteiger partial charge in [0.1, 0.15) is 5.75 Å². The second-order valence-electron chi connectivity index (χ2n) is 6.23. The molecule has 1 atom stereocenters. The number of piperidine rings is 1. The van der Waals surface area contributed by atoms with Crippen molar-refractivity contribution in [3.8, 4) is 5.75 Å². The normalized spacial score (nSPS) is 19.2. The first-order valence-electron chi connectivity index (χ1n) is 7.72. The fourth-order valence-electron chi connectivity index (χ4n) is 3.15. The van der Waals surface area contributed by atoms with Gasteiger partial charge in [-0.3, -0.25) is 0 Å². The Bertz CT molecular complexity index is 411. The van der Waals surface area contributed by atoms with Crippen LogP contribution in [0.4, 0.5) is 0 Å². The highest BCUT2D eigenvalue weighted by molar-refractivity contribution is 5.35. The molecule has 3 nitrogen and oxygen atoms in total. The van der Waals surface area contributed by atoms with Crippen LogP contribution in [0.15, 0.2) is 24.3 Å². The summed E-state index contributed by atoms with van der Waals surface area (Å²) in [4.78, 5) is 2.50. The van der Waals surface area contributed by atoms with Gasteiger partial charge in [0.15, 0.2) is 0 Å². The maximum absolute atomic E-state index is 6.38. The summed E-state index contributed by atoms with van der Waals surface area (Å²) in [6.07, 6.45) is 2.60. The van der Waals surface area contributed by atoms with Gasteiger partial charge in [0.25, 0.3) is 0 Å². The molecule has 3 heteroatoms. The molecule has 1 aromatic rings. The minimum absolute atomic E-state index is 0.0294. The number of methoxy groups -OCH3 is 1. The van der Waals surface area contributed by atoms with E-state index in [0.29, 0.717) is 0 Å². The van der Waals surface area contributed by atoms with E-state index in [0.717, 1.165) is 29.7 Å². The zero-order valence-electron chi connectivity index (χ0n) is 13.0. The van der Waals surface area contributed by atoms with Gasteiger partial charge >= 0.3 is 0 Å². The van der Waals surface area contributed by atoms with Gasteiger partial charge in [0.2, 0.25) is 0 Å². The summed E-state index contributed by atoms with van der Waals surface area (Å²) in [6, 6.07) is 8.11. The van der Waals surface area contributed by atoms with E-state index in [1.165, 1.54) is 25.9 Å². The molecule has 1 unspecified atom stereocenters. The molecule has 0 spiro atoms. The summed E-state index contributed by atoms with van der Waals surface area (Å²) in [5.41, 5.74) is 7.49. The van der Waals surface area contributed by atoms with Gasteiger partial charge in [-0.25, -0.2) is 0 Å². The van der Waals surface area contributed by atoms with Crippen LogP contribution in [0.1, 0.15) is 38.3 Å². The molecule has 1 aliphatic heterocycles. The van der Waals surface area contributed by atoms with Gasteiger partial charge in [-0.15, -0.1) is 0 Å². The lowest BCUT2D eigenvalue weighted by Crippen LogP contribution is -2.39. The highest BCUT2D eigenvalue weighted by Crippen LogP contribution is 2.27. The molecule has 2 rings (SSSR count). The van der Waals surface area contributed by atoms with Gasteiger partial charge in [-0.05, 0) is 43.8 Å². The van der Waals surface area contributed by atoms with Crippen molar-refractivity contribution in [2.75, 3.05) is 26.7 Å². The molecule has 0 aliphatic carbocycles. The molecule has 0 bridgehead atoms. The van der Waals surface area contributed by atoms with Gasteiger partial charge in [0, 0.05) is 18.2 Å². The molecule has 1 saturated heterocycles. The van der Waals surface area contributed by atoms with Crippen LogP contribution >= 0.6 is 0 Å². The largest absolute Gasteiger partial charge is 0.496 e. The Morgan fingerprint density at radius 1 is 1.25 bits per heavy atom. The number of hydrogen-bond donors (Lipinski definition) is 1. The molecule has 0 radical (unpaired) electrons. The van der Waals surface area contributed by atoms with Crippen molar-refractivity contribution in [2.24, 2.45) is 17.6 Å². The van der Waals surface area contributed by atoms with E-state index in [-0.39, 0.29) is 6.04 Å². The number of nitrogens with zero attached hydrogens (tertiary/aromatic N) is 1. The smallest absolute Gasteiger partial charge is 0.123 e. The minimum Gasteiger partial charge on any atom is -0.496 e. The standard InChI is InChI=1S/C17H28N2O/c1-13(2)14-8-10-19(11-9-14)12-16(18)15-6-4-5-7-17(15)20-3/h4-7,13-14,16H,8-12,18H2,1-3H3. The highest BCUT2D eigenvalue weighted by atomic mass is 16.5. The molecular formula is C17H28N2O. The number of ether oxygens (including phenoxy) is 1. The van der Waals surface area contributed by atoms with Gasteiger partial charge in [-0.2, -0.15) is 0 Å². The zero-order valence-corrected chi connectivity index (χ0v) is 13.0. The van der Waals surface area contributed by atoms with Gasteiger partial charge < -0.3 is 15.4 Å². The Hall–Kier alpha value is -1.06. The van der Waals surface area contributed by atoms with E-state index >= 15 is 0 Å². The van der Waals surface area contributed by atoms with Gasteiger partial charge in [-0.1, -0.05) is 32.0 Å². The van der Waals surface area contributed by atoms with Crippen molar-refractivity contribution < 1.29 is 4.74 Å². The molecule has 0 saturated carbocycles. The topological polar surface area (TPSA) is 38.5 Å². The summed E-state index contributed by atoms with van der Waals surface area (Å²) in [6.45, 7) is 7.93. The Labute approximate surface area is 123 Å². The zero-order chi connectivity index (χ0) is 14.5. The summed E-state index contributed by atoms with van der Waals surface area (Å²) in [5.74, 6) is 2.59. The molecule has 112 valence electrons. The Morgan fingerprint density at radius 3 is 2.50 bits per heavy atom. The van der Waals surface area contributed by atoms with Crippen molar-refractivity contribution >= 4 is 0 Å². The first-order valence-corrected chi connectivity index (χ1v) is 7.72. The second-order valence-corrected chi connectivity index (χ2v) is 6.23. The maximum Gasteiger partial charge on any atom is 0.123 e. The van der Waals surface area contributed by atoms with Crippen molar-refractivity contribution in [1.82, 2.24) is 4.90 Å². The van der Waals surface area contributed by atoms with Crippen LogP contribution in [0.2, 0.25) is 0 Å². The highest BCUT2D eigenvalue weighted by Gasteiger charge is 2.23. The number of hydrogen-bond acceptors (Lipinski definition) is 3. The van der Waals surface area contributed by atoms with Crippen LogP contribution < -0.4 is 10.5 Å².